The van der Waals surface area contributed by atoms with E-state index in [4.69, 9.17) is 0 Å². The van der Waals surface area contributed by atoms with Crippen LogP contribution in [0.25, 0.3) is 0 Å². The lowest BCUT2D eigenvalue weighted by Crippen LogP contribution is -1.95. The van der Waals surface area contributed by atoms with Crippen molar-refractivity contribution in [2.45, 2.75) is 39.2 Å². The number of nitrogens with zero attached hydrogens (tertiary/aromatic N) is 1. The maximum atomic E-state index is 4.46. The van der Waals surface area contributed by atoms with E-state index in [1.54, 1.807) is 0 Å². The Hall–Kier alpha value is -0.200. The summed E-state index contributed by atoms with van der Waals surface area (Å²) < 4.78 is 0. The number of aliphatic imine (C=N–C) groups is 1. The zero-order valence-electron chi connectivity index (χ0n) is 6.05. The first-order valence-corrected chi connectivity index (χ1v) is 3.79. The molecule has 0 aromatic carbocycles. The minimum absolute atomic E-state index is 0.377. The van der Waals surface area contributed by atoms with Crippen LogP contribution < -0.4 is 0 Å². The predicted molar refractivity (Wildman–Crippen MR) is 44.0 cm³/mol. The molecule has 0 aliphatic carbocycles. The number of rotatable bonds is 4. The van der Waals surface area contributed by atoms with E-state index in [1.807, 2.05) is 0 Å². The fraction of sp³-hybridized carbons (Fsp3) is 0.857. The highest BCUT2D eigenvalue weighted by molar-refractivity contribution is 7.78. The molecule has 0 radical (unpaired) electrons. The first kappa shape index (κ1) is 8.80. The van der Waals surface area contributed by atoms with Crippen LogP contribution in [0.15, 0.2) is 4.99 Å². The monoisotopic (exact) mass is 143 g/mol. The Kier molecular flexibility index (Phi) is 5.80. The normalized spacial score (nSPS) is 12.2. The molecule has 0 heterocycles. The third-order valence-corrected chi connectivity index (χ3v) is 1.35. The van der Waals surface area contributed by atoms with Crippen LogP contribution in [-0.4, -0.2) is 11.2 Å². The number of isothiocyanates is 1. The second-order valence-electron chi connectivity index (χ2n) is 2.21. The largest absolute Gasteiger partial charge is 0.229 e. The predicted octanol–water partition coefficient (Wildman–Crippen LogP) is 2.67. The summed E-state index contributed by atoms with van der Waals surface area (Å²) in [6.07, 6.45) is 3.61. The van der Waals surface area contributed by atoms with Gasteiger partial charge in [0.2, 0.25) is 0 Å². The third kappa shape index (κ3) is 5.67. The smallest absolute Gasteiger partial charge is 0.0587 e. The van der Waals surface area contributed by atoms with Gasteiger partial charge in [0.15, 0.2) is 0 Å². The van der Waals surface area contributed by atoms with E-state index in [0.717, 1.165) is 6.42 Å². The molecule has 1 unspecified atom stereocenters. The molecule has 0 fully saturated rings. The van der Waals surface area contributed by atoms with Crippen LogP contribution in [-0.2, 0) is 0 Å². The first-order valence-electron chi connectivity index (χ1n) is 3.38. The zero-order chi connectivity index (χ0) is 7.11. The second-order valence-corrected chi connectivity index (χ2v) is 2.39. The summed E-state index contributed by atoms with van der Waals surface area (Å²) in [6.45, 7) is 4.24. The van der Waals surface area contributed by atoms with Crippen molar-refractivity contribution in [2.75, 3.05) is 0 Å². The van der Waals surface area contributed by atoms with Crippen molar-refractivity contribution in [1.29, 1.82) is 0 Å². The van der Waals surface area contributed by atoms with Crippen LogP contribution in [0.2, 0.25) is 0 Å². The quantitative estimate of drug-likeness (QED) is 0.435. The number of hydrogen-bond donors (Lipinski definition) is 0. The van der Waals surface area contributed by atoms with Crippen molar-refractivity contribution in [3.8, 4) is 0 Å². The molecular formula is C7H13NS. The van der Waals surface area contributed by atoms with Gasteiger partial charge in [-0.25, -0.2) is 4.99 Å². The summed E-state index contributed by atoms with van der Waals surface area (Å²) in [4.78, 5) is 3.93. The molecule has 0 aromatic heterocycles. The summed E-state index contributed by atoms with van der Waals surface area (Å²) in [5.41, 5.74) is 0. The summed E-state index contributed by atoms with van der Waals surface area (Å²) in [7, 11) is 0. The van der Waals surface area contributed by atoms with E-state index < -0.39 is 0 Å². The Bertz CT molecular complexity index is 105. The summed E-state index contributed by atoms with van der Waals surface area (Å²) in [5, 5.41) is 2.38. The van der Waals surface area contributed by atoms with Crippen LogP contribution in [0.1, 0.15) is 33.1 Å². The molecule has 0 spiro atoms. The fourth-order valence-corrected chi connectivity index (χ4v) is 0.834. The summed E-state index contributed by atoms with van der Waals surface area (Å²) in [6, 6.07) is 0.377. The highest BCUT2D eigenvalue weighted by Gasteiger charge is 1.94. The van der Waals surface area contributed by atoms with Gasteiger partial charge in [-0.1, -0.05) is 19.8 Å². The van der Waals surface area contributed by atoms with Crippen molar-refractivity contribution in [2.24, 2.45) is 4.99 Å². The van der Waals surface area contributed by atoms with Gasteiger partial charge >= 0.3 is 0 Å². The SMILES string of the molecule is CCCCC(C)N=C=S. The van der Waals surface area contributed by atoms with E-state index >= 15 is 0 Å². The summed E-state index contributed by atoms with van der Waals surface area (Å²) in [5.74, 6) is 0. The molecule has 1 nitrogen and oxygen atoms in total. The van der Waals surface area contributed by atoms with Gasteiger partial charge in [-0.05, 0) is 25.6 Å². The van der Waals surface area contributed by atoms with E-state index in [-0.39, 0.29) is 0 Å². The molecule has 0 saturated carbocycles. The Balaban J connectivity index is 3.26. The van der Waals surface area contributed by atoms with Crippen molar-refractivity contribution in [3.05, 3.63) is 0 Å². The van der Waals surface area contributed by atoms with E-state index in [1.165, 1.54) is 12.8 Å². The highest BCUT2D eigenvalue weighted by Crippen LogP contribution is 2.01. The molecular weight excluding hydrogens is 130 g/mol. The molecule has 52 valence electrons. The Morgan fingerprint density at radius 1 is 1.67 bits per heavy atom. The fourth-order valence-electron chi connectivity index (χ4n) is 0.654. The number of hydrogen-bond acceptors (Lipinski definition) is 2. The molecule has 1 atom stereocenters. The van der Waals surface area contributed by atoms with Crippen molar-refractivity contribution < 1.29 is 0 Å². The van der Waals surface area contributed by atoms with E-state index in [2.05, 4.69) is 36.2 Å². The summed E-state index contributed by atoms with van der Waals surface area (Å²) >= 11 is 4.46. The molecule has 0 N–H and O–H groups in total. The molecule has 2 heteroatoms. The van der Waals surface area contributed by atoms with Gasteiger partial charge in [0, 0.05) is 0 Å². The minimum atomic E-state index is 0.377. The molecule has 0 aliphatic rings. The molecule has 0 aliphatic heterocycles. The average molecular weight is 143 g/mol. The first-order chi connectivity index (χ1) is 4.31. The van der Waals surface area contributed by atoms with Crippen LogP contribution in [0.3, 0.4) is 0 Å². The Morgan fingerprint density at radius 3 is 2.78 bits per heavy atom. The molecule has 0 amide bonds. The lowest BCUT2D eigenvalue weighted by molar-refractivity contribution is 0.620. The van der Waals surface area contributed by atoms with Crippen LogP contribution >= 0.6 is 12.2 Å². The maximum absolute atomic E-state index is 4.46. The highest BCUT2D eigenvalue weighted by atomic mass is 32.1. The minimum Gasteiger partial charge on any atom is -0.229 e. The number of thiocarbonyl (C=S) groups is 1. The Morgan fingerprint density at radius 2 is 2.33 bits per heavy atom. The molecule has 9 heavy (non-hydrogen) atoms. The third-order valence-electron chi connectivity index (χ3n) is 1.25. The lowest BCUT2D eigenvalue weighted by Gasteiger charge is -1.99. The van der Waals surface area contributed by atoms with E-state index in [9.17, 15) is 0 Å². The lowest BCUT2D eigenvalue weighted by atomic mass is 10.2. The topological polar surface area (TPSA) is 12.4 Å². The van der Waals surface area contributed by atoms with Gasteiger partial charge in [0.25, 0.3) is 0 Å². The van der Waals surface area contributed by atoms with Gasteiger partial charge < -0.3 is 0 Å². The van der Waals surface area contributed by atoms with Crippen molar-refractivity contribution >= 4 is 17.4 Å². The van der Waals surface area contributed by atoms with Gasteiger partial charge in [0.05, 0.1) is 11.2 Å². The molecule has 0 aromatic rings. The van der Waals surface area contributed by atoms with Gasteiger partial charge in [-0.3, -0.25) is 0 Å². The number of unbranched alkanes of at least 4 members (excludes halogenated alkanes) is 1. The average Bonchev–Trinajstić information content (AvgIpc) is 1.85. The van der Waals surface area contributed by atoms with Crippen molar-refractivity contribution in [3.63, 3.8) is 0 Å². The second kappa shape index (κ2) is 5.93. The standard InChI is InChI=1S/C7H13NS/c1-3-4-5-7(2)8-6-9/h7H,3-5H2,1-2H3. The van der Waals surface area contributed by atoms with Crippen LogP contribution in [0.5, 0.6) is 0 Å². The molecule has 0 bridgehead atoms. The van der Waals surface area contributed by atoms with Crippen molar-refractivity contribution in [1.82, 2.24) is 0 Å². The van der Waals surface area contributed by atoms with Gasteiger partial charge in [-0.15, -0.1) is 0 Å². The van der Waals surface area contributed by atoms with Crippen LogP contribution in [0.4, 0.5) is 0 Å². The van der Waals surface area contributed by atoms with E-state index in [0.29, 0.717) is 6.04 Å². The zero-order valence-corrected chi connectivity index (χ0v) is 6.87. The maximum Gasteiger partial charge on any atom is 0.0587 e. The van der Waals surface area contributed by atoms with Gasteiger partial charge in [0.1, 0.15) is 0 Å². The molecule has 0 saturated heterocycles. The molecule has 0 rings (SSSR count). The van der Waals surface area contributed by atoms with Gasteiger partial charge in [-0.2, -0.15) is 0 Å². The Labute approximate surface area is 62.2 Å². The van der Waals surface area contributed by atoms with Crippen LogP contribution in [0, 0.1) is 0 Å².